The molecule has 0 saturated carbocycles. The highest BCUT2D eigenvalue weighted by atomic mass is 16.5. The quantitative estimate of drug-likeness (QED) is 0.772. The van der Waals surface area contributed by atoms with Crippen molar-refractivity contribution in [3.63, 3.8) is 0 Å². The third-order valence-corrected chi connectivity index (χ3v) is 4.38. The Morgan fingerprint density at radius 3 is 2.16 bits per heavy atom. The summed E-state index contributed by atoms with van der Waals surface area (Å²) in [4.78, 5) is 14.4. The number of hydrogen-bond donors (Lipinski definition) is 0. The average Bonchev–Trinajstić information content (AvgIpc) is 2.66. The molecule has 0 radical (unpaired) electrons. The van der Waals surface area contributed by atoms with E-state index in [1.54, 1.807) is 26.2 Å². The Bertz CT molecular complexity index is 712. The lowest BCUT2D eigenvalue weighted by Crippen LogP contribution is -2.30. The summed E-state index contributed by atoms with van der Waals surface area (Å²) in [5.41, 5.74) is 1.94. The van der Waals surface area contributed by atoms with E-state index in [0.29, 0.717) is 17.9 Å². The molecule has 0 aliphatic rings. The molecule has 0 fully saturated rings. The van der Waals surface area contributed by atoms with Crippen LogP contribution in [-0.4, -0.2) is 39.2 Å². The largest absolute Gasteiger partial charge is 0.497 e. The highest BCUT2D eigenvalue weighted by Gasteiger charge is 2.18. The molecule has 134 valence electrons. The van der Waals surface area contributed by atoms with E-state index in [1.165, 1.54) is 0 Å². The van der Waals surface area contributed by atoms with Crippen LogP contribution >= 0.6 is 0 Å². The molecule has 0 saturated heterocycles. The van der Waals surface area contributed by atoms with Gasteiger partial charge in [-0.25, -0.2) is 0 Å². The smallest absolute Gasteiger partial charge is 0.227 e. The van der Waals surface area contributed by atoms with Crippen LogP contribution in [0, 0.1) is 0 Å². The van der Waals surface area contributed by atoms with E-state index in [1.807, 2.05) is 56.4 Å². The predicted molar refractivity (Wildman–Crippen MR) is 97.4 cm³/mol. The number of ether oxygens (including phenoxy) is 3. The van der Waals surface area contributed by atoms with Crippen LogP contribution in [0.4, 0.5) is 0 Å². The van der Waals surface area contributed by atoms with Gasteiger partial charge in [0, 0.05) is 7.05 Å². The fourth-order valence-electron chi connectivity index (χ4n) is 2.61. The second-order valence-corrected chi connectivity index (χ2v) is 5.82. The maximum atomic E-state index is 12.6. The molecule has 0 spiro atoms. The summed E-state index contributed by atoms with van der Waals surface area (Å²) >= 11 is 0. The van der Waals surface area contributed by atoms with E-state index >= 15 is 0 Å². The summed E-state index contributed by atoms with van der Waals surface area (Å²) in [6.45, 7) is 2.01. The van der Waals surface area contributed by atoms with Crippen LogP contribution in [0.1, 0.15) is 24.1 Å². The Hall–Kier alpha value is -2.69. The van der Waals surface area contributed by atoms with Gasteiger partial charge in [-0.1, -0.05) is 18.2 Å². The van der Waals surface area contributed by atoms with E-state index in [9.17, 15) is 4.79 Å². The van der Waals surface area contributed by atoms with Crippen LogP contribution in [0.2, 0.25) is 0 Å². The van der Waals surface area contributed by atoms with Gasteiger partial charge in [-0.15, -0.1) is 0 Å². The van der Waals surface area contributed by atoms with Gasteiger partial charge in [0.1, 0.15) is 5.75 Å². The molecule has 2 rings (SSSR count). The summed E-state index contributed by atoms with van der Waals surface area (Å²) in [5.74, 6) is 2.11. The van der Waals surface area contributed by atoms with E-state index in [-0.39, 0.29) is 11.9 Å². The Balaban J connectivity index is 2.08. The first-order valence-electron chi connectivity index (χ1n) is 8.10. The van der Waals surface area contributed by atoms with Gasteiger partial charge in [-0.05, 0) is 42.3 Å². The first-order valence-corrected chi connectivity index (χ1v) is 8.10. The van der Waals surface area contributed by atoms with Crippen molar-refractivity contribution in [2.75, 3.05) is 28.4 Å². The van der Waals surface area contributed by atoms with Crippen LogP contribution in [-0.2, 0) is 11.2 Å². The van der Waals surface area contributed by atoms with Gasteiger partial charge in [-0.2, -0.15) is 0 Å². The molecule has 0 aromatic heterocycles. The first kappa shape index (κ1) is 18.6. The summed E-state index contributed by atoms with van der Waals surface area (Å²) in [6, 6.07) is 13.3. The zero-order chi connectivity index (χ0) is 18.4. The minimum absolute atomic E-state index is 0.0291. The number of amides is 1. The molecule has 25 heavy (non-hydrogen) atoms. The molecule has 1 unspecified atom stereocenters. The summed E-state index contributed by atoms with van der Waals surface area (Å²) in [5, 5.41) is 0. The summed E-state index contributed by atoms with van der Waals surface area (Å²) in [6.07, 6.45) is 0.303. The van der Waals surface area contributed by atoms with Crippen molar-refractivity contribution in [3.05, 3.63) is 53.6 Å². The Kier molecular flexibility index (Phi) is 6.28. The van der Waals surface area contributed by atoms with Gasteiger partial charge >= 0.3 is 0 Å². The van der Waals surface area contributed by atoms with Crippen molar-refractivity contribution in [1.82, 2.24) is 4.90 Å². The number of methoxy groups -OCH3 is 3. The number of likely N-dealkylation sites (N-methyl/N-ethyl adjacent to an activating group) is 1. The second kappa shape index (κ2) is 8.42. The maximum Gasteiger partial charge on any atom is 0.227 e. The fourth-order valence-corrected chi connectivity index (χ4v) is 2.61. The lowest BCUT2D eigenvalue weighted by atomic mass is 10.1. The Morgan fingerprint density at radius 2 is 1.60 bits per heavy atom. The summed E-state index contributed by atoms with van der Waals surface area (Å²) in [7, 11) is 6.63. The van der Waals surface area contributed by atoms with Crippen molar-refractivity contribution in [3.8, 4) is 17.2 Å². The van der Waals surface area contributed by atoms with Gasteiger partial charge in [0.15, 0.2) is 11.5 Å². The lowest BCUT2D eigenvalue weighted by Gasteiger charge is -2.25. The summed E-state index contributed by atoms with van der Waals surface area (Å²) < 4.78 is 15.7. The average molecular weight is 343 g/mol. The fraction of sp³-hybridized carbons (Fsp3) is 0.350. The highest BCUT2D eigenvalue weighted by molar-refractivity contribution is 5.79. The second-order valence-electron chi connectivity index (χ2n) is 5.82. The van der Waals surface area contributed by atoms with E-state index in [2.05, 4.69) is 0 Å². The van der Waals surface area contributed by atoms with E-state index < -0.39 is 0 Å². The third kappa shape index (κ3) is 4.44. The molecule has 2 aromatic carbocycles. The molecule has 0 heterocycles. The molecule has 5 heteroatoms. The molecule has 5 nitrogen and oxygen atoms in total. The van der Waals surface area contributed by atoms with Gasteiger partial charge in [0.2, 0.25) is 5.91 Å². The Morgan fingerprint density at radius 1 is 0.960 bits per heavy atom. The van der Waals surface area contributed by atoms with E-state index in [4.69, 9.17) is 14.2 Å². The van der Waals surface area contributed by atoms with Crippen molar-refractivity contribution >= 4 is 5.91 Å². The first-order chi connectivity index (χ1) is 12.0. The number of rotatable bonds is 7. The Labute approximate surface area is 149 Å². The monoisotopic (exact) mass is 343 g/mol. The number of carbonyl (C=O) groups excluding carboxylic acids is 1. The van der Waals surface area contributed by atoms with Crippen LogP contribution in [0.15, 0.2) is 42.5 Å². The molecule has 0 aliphatic heterocycles. The van der Waals surface area contributed by atoms with Gasteiger partial charge < -0.3 is 19.1 Å². The van der Waals surface area contributed by atoms with Gasteiger partial charge in [0.05, 0.1) is 33.8 Å². The SMILES string of the molecule is COc1ccc(C(C)N(C)C(=O)Cc2ccc(OC)c(OC)c2)cc1. The van der Waals surface area contributed by atoms with Crippen molar-refractivity contribution in [1.29, 1.82) is 0 Å². The molecule has 2 aromatic rings. The third-order valence-electron chi connectivity index (χ3n) is 4.38. The molecule has 0 bridgehead atoms. The molecular formula is C20H25NO4. The van der Waals surface area contributed by atoms with Crippen LogP contribution in [0.25, 0.3) is 0 Å². The zero-order valence-corrected chi connectivity index (χ0v) is 15.4. The van der Waals surface area contributed by atoms with Crippen LogP contribution in [0.5, 0.6) is 17.2 Å². The molecular weight excluding hydrogens is 318 g/mol. The molecule has 1 atom stereocenters. The van der Waals surface area contributed by atoms with Crippen LogP contribution < -0.4 is 14.2 Å². The lowest BCUT2D eigenvalue weighted by molar-refractivity contribution is -0.131. The van der Waals surface area contributed by atoms with Crippen LogP contribution in [0.3, 0.4) is 0 Å². The number of carbonyl (C=O) groups is 1. The van der Waals surface area contributed by atoms with Crippen molar-refractivity contribution in [2.45, 2.75) is 19.4 Å². The van der Waals surface area contributed by atoms with Gasteiger partial charge in [-0.3, -0.25) is 4.79 Å². The minimum Gasteiger partial charge on any atom is -0.497 e. The zero-order valence-electron chi connectivity index (χ0n) is 15.4. The molecule has 0 N–H and O–H groups in total. The topological polar surface area (TPSA) is 48.0 Å². The highest BCUT2D eigenvalue weighted by Crippen LogP contribution is 2.28. The number of hydrogen-bond acceptors (Lipinski definition) is 4. The molecule has 0 aliphatic carbocycles. The minimum atomic E-state index is -0.0291. The normalized spacial score (nSPS) is 11.6. The predicted octanol–water partition coefficient (Wildman–Crippen LogP) is 3.47. The number of nitrogens with zero attached hydrogens (tertiary/aromatic N) is 1. The van der Waals surface area contributed by atoms with Crippen molar-refractivity contribution < 1.29 is 19.0 Å². The molecule has 1 amide bonds. The standard InChI is InChI=1S/C20H25NO4/c1-14(16-7-9-17(23-3)10-8-16)21(2)20(22)13-15-6-11-18(24-4)19(12-15)25-5/h6-12,14H,13H2,1-5H3. The number of benzene rings is 2. The van der Waals surface area contributed by atoms with Gasteiger partial charge in [0.25, 0.3) is 0 Å². The van der Waals surface area contributed by atoms with E-state index in [0.717, 1.165) is 16.9 Å². The maximum absolute atomic E-state index is 12.6. The van der Waals surface area contributed by atoms with Crippen molar-refractivity contribution in [2.24, 2.45) is 0 Å².